The van der Waals surface area contributed by atoms with E-state index in [0.29, 0.717) is 12.8 Å². The van der Waals surface area contributed by atoms with Crippen LogP contribution in [-0.4, -0.2) is 17.6 Å². The lowest BCUT2D eigenvalue weighted by atomic mass is 10.2. The maximum Gasteiger partial charge on any atom is 0.265 e. The zero-order valence-corrected chi connectivity index (χ0v) is 7.71. The Balaban J connectivity index is 3.70. The first-order chi connectivity index (χ1) is 6.26. The Morgan fingerprint density at radius 1 is 1.62 bits per heavy atom. The summed E-state index contributed by atoms with van der Waals surface area (Å²) in [6.45, 7) is 2.61. The molecule has 0 atom stereocenters. The predicted octanol–water partition coefficient (Wildman–Crippen LogP) is 1.26. The van der Waals surface area contributed by atoms with Gasteiger partial charge in [0.2, 0.25) is 0 Å². The van der Waals surface area contributed by atoms with E-state index in [0.717, 1.165) is 19.3 Å². The zero-order chi connectivity index (χ0) is 10.1. The van der Waals surface area contributed by atoms with Gasteiger partial charge < -0.3 is 10.4 Å². The second-order valence-corrected chi connectivity index (χ2v) is 2.62. The number of hydrogen-bond acceptors (Lipinski definition) is 3. The molecule has 0 aromatic rings. The average molecular weight is 182 g/mol. The van der Waals surface area contributed by atoms with Crippen molar-refractivity contribution in [2.24, 2.45) is 0 Å². The molecule has 0 aliphatic heterocycles. The van der Waals surface area contributed by atoms with Crippen LogP contribution in [0.15, 0.2) is 11.8 Å². The van der Waals surface area contributed by atoms with Crippen LogP contribution in [0, 0.1) is 11.3 Å². The summed E-state index contributed by atoms with van der Waals surface area (Å²) in [5.41, 5.74) is -0.253. The molecule has 4 nitrogen and oxygen atoms in total. The second kappa shape index (κ2) is 7.17. The molecule has 0 spiro atoms. The van der Waals surface area contributed by atoms with Gasteiger partial charge in [0.15, 0.2) is 5.57 Å². The Morgan fingerprint density at radius 3 is 2.77 bits per heavy atom. The summed E-state index contributed by atoms with van der Waals surface area (Å²) in [7, 11) is 0. The van der Waals surface area contributed by atoms with E-state index < -0.39 is 5.91 Å². The van der Waals surface area contributed by atoms with Crippen LogP contribution in [0.2, 0.25) is 0 Å². The molecule has 0 unspecified atom stereocenters. The molecular weight excluding hydrogens is 168 g/mol. The fourth-order valence-corrected chi connectivity index (χ4v) is 0.810. The van der Waals surface area contributed by atoms with Crippen LogP contribution < -0.4 is 5.32 Å². The molecule has 0 aliphatic rings. The van der Waals surface area contributed by atoms with Crippen LogP contribution in [0.3, 0.4) is 0 Å². The molecule has 0 heterocycles. The van der Waals surface area contributed by atoms with E-state index in [1.807, 2.05) is 0 Å². The number of nitrogens with zero attached hydrogens (tertiary/aromatic N) is 1. The first kappa shape index (κ1) is 11.5. The van der Waals surface area contributed by atoms with Crippen molar-refractivity contribution in [2.75, 3.05) is 6.54 Å². The highest BCUT2D eigenvalue weighted by atomic mass is 16.2. The summed E-state index contributed by atoms with van der Waals surface area (Å²) in [6.07, 6.45) is 3.54. The van der Waals surface area contributed by atoms with Gasteiger partial charge in [-0.1, -0.05) is 19.8 Å². The van der Waals surface area contributed by atoms with Crippen molar-refractivity contribution in [2.45, 2.75) is 26.2 Å². The minimum atomic E-state index is -0.513. The van der Waals surface area contributed by atoms with Crippen molar-refractivity contribution in [3.63, 3.8) is 0 Å². The van der Waals surface area contributed by atoms with E-state index in [9.17, 15) is 4.79 Å². The van der Waals surface area contributed by atoms with Gasteiger partial charge in [-0.05, 0) is 6.42 Å². The van der Waals surface area contributed by atoms with Gasteiger partial charge in [-0.15, -0.1) is 0 Å². The van der Waals surface area contributed by atoms with Crippen LogP contribution in [0.5, 0.6) is 0 Å². The lowest BCUT2D eigenvalue weighted by Gasteiger charge is -2.01. The molecule has 0 saturated carbocycles. The number of aliphatic hydroxyl groups excluding tert-OH is 1. The molecule has 0 rings (SSSR count). The SMILES string of the molecule is CCCCCNC(=O)/C(C#N)=C\O. The number of unbranched alkanes of at least 4 members (excludes halogenated alkanes) is 2. The van der Waals surface area contributed by atoms with Crippen LogP contribution in [0.25, 0.3) is 0 Å². The van der Waals surface area contributed by atoms with Crippen molar-refractivity contribution in [1.82, 2.24) is 5.32 Å². The highest BCUT2D eigenvalue weighted by Gasteiger charge is 2.06. The lowest BCUT2D eigenvalue weighted by Crippen LogP contribution is -2.25. The van der Waals surface area contributed by atoms with Crippen LogP contribution in [0.1, 0.15) is 26.2 Å². The number of carbonyl (C=O) groups is 1. The van der Waals surface area contributed by atoms with E-state index in [1.165, 1.54) is 0 Å². The summed E-state index contributed by atoms with van der Waals surface area (Å²) in [6, 6.07) is 1.59. The van der Waals surface area contributed by atoms with Crippen LogP contribution >= 0.6 is 0 Å². The van der Waals surface area contributed by atoms with E-state index in [1.54, 1.807) is 6.07 Å². The zero-order valence-electron chi connectivity index (χ0n) is 7.71. The number of amides is 1. The Labute approximate surface area is 77.9 Å². The number of carbonyl (C=O) groups excluding carboxylic acids is 1. The smallest absolute Gasteiger partial charge is 0.265 e. The van der Waals surface area contributed by atoms with Crippen LogP contribution in [-0.2, 0) is 4.79 Å². The molecule has 0 aromatic carbocycles. The molecule has 0 bridgehead atoms. The van der Waals surface area contributed by atoms with E-state index in [4.69, 9.17) is 10.4 Å². The minimum absolute atomic E-state index is 0.253. The third-order valence-electron chi connectivity index (χ3n) is 1.56. The van der Waals surface area contributed by atoms with E-state index >= 15 is 0 Å². The first-order valence-corrected chi connectivity index (χ1v) is 4.29. The molecule has 0 fully saturated rings. The minimum Gasteiger partial charge on any atom is -0.514 e. The highest BCUT2D eigenvalue weighted by Crippen LogP contribution is 1.93. The Morgan fingerprint density at radius 2 is 2.31 bits per heavy atom. The number of nitriles is 1. The first-order valence-electron chi connectivity index (χ1n) is 4.29. The van der Waals surface area contributed by atoms with Crippen LogP contribution in [0.4, 0.5) is 0 Å². The summed E-state index contributed by atoms with van der Waals surface area (Å²) in [5, 5.41) is 19.3. The topological polar surface area (TPSA) is 73.1 Å². The van der Waals surface area contributed by atoms with E-state index in [2.05, 4.69) is 12.2 Å². The predicted molar refractivity (Wildman–Crippen MR) is 48.9 cm³/mol. The van der Waals surface area contributed by atoms with Gasteiger partial charge >= 0.3 is 0 Å². The van der Waals surface area contributed by atoms with Gasteiger partial charge in [0.05, 0.1) is 0 Å². The summed E-state index contributed by atoms with van der Waals surface area (Å²) in [5.74, 6) is -0.513. The molecule has 0 aromatic heterocycles. The standard InChI is InChI=1S/C9H14N2O2/c1-2-3-4-5-11-9(13)8(6-10)7-12/h7,12H,2-5H2,1H3,(H,11,13)/b8-7-. The highest BCUT2D eigenvalue weighted by molar-refractivity contribution is 5.96. The molecule has 2 N–H and O–H groups in total. The third-order valence-corrected chi connectivity index (χ3v) is 1.56. The molecule has 72 valence electrons. The van der Waals surface area contributed by atoms with Gasteiger partial charge in [0, 0.05) is 6.54 Å². The molecule has 1 amide bonds. The quantitative estimate of drug-likeness (QED) is 0.291. The molecule has 13 heavy (non-hydrogen) atoms. The molecule has 4 heteroatoms. The van der Waals surface area contributed by atoms with Crippen molar-refractivity contribution in [3.8, 4) is 6.07 Å². The van der Waals surface area contributed by atoms with Crippen molar-refractivity contribution in [1.29, 1.82) is 5.26 Å². The third kappa shape index (κ3) is 4.86. The van der Waals surface area contributed by atoms with Gasteiger partial charge in [0.25, 0.3) is 5.91 Å². The fraction of sp³-hybridized carbons (Fsp3) is 0.556. The van der Waals surface area contributed by atoms with Crippen molar-refractivity contribution < 1.29 is 9.90 Å². The monoisotopic (exact) mass is 182 g/mol. The van der Waals surface area contributed by atoms with Gasteiger partial charge in [-0.2, -0.15) is 5.26 Å². The average Bonchev–Trinajstić information content (AvgIpc) is 2.14. The van der Waals surface area contributed by atoms with Gasteiger partial charge in [0.1, 0.15) is 12.3 Å². The normalized spacial score (nSPS) is 10.6. The number of rotatable bonds is 5. The largest absolute Gasteiger partial charge is 0.514 e. The van der Waals surface area contributed by atoms with E-state index in [-0.39, 0.29) is 5.57 Å². The molecule has 0 saturated heterocycles. The van der Waals surface area contributed by atoms with Gasteiger partial charge in [-0.25, -0.2) is 0 Å². The molecule has 0 radical (unpaired) electrons. The Kier molecular flexibility index (Phi) is 6.34. The number of nitrogens with one attached hydrogen (secondary N) is 1. The molecular formula is C9H14N2O2. The number of aliphatic hydroxyl groups is 1. The summed E-state index contributed by atoms with van der Waals surface area (Å²) >= 11 is 0. The maximum atomic E-state index is 11.0. The van der Waals surface area contributed by atoms with Gasteiger partial charge in [-0.3, -0.25) is 4.79 Å². The fourth-order valence-electron chi connectivity index (χ4n) is 0.810. The Bertz CT molecular complexity index is 228. The summed E-state index contributed by atoms with van der Waals surface area (Å²) in [4.78, 5) is 11.0. The maximum absolute atomic E-state index is 11.0. The number of hydrogen-bond donors (Lipinski definition) is 2. The molecule has 0 aliphatic carbocycles. The lowest BCUT2D eigenvalue weighted by molar-refractivity contribution is -0.117. The Hall–Kier alpha value is -1.50. The van der Waals surface area contributed by atoms with Crippen molar-refractivity contribution in [3.05, 3.63) is 11.8 Å². The second-order valence-electron chi connectivity index (χ2n) is 2.62. The summed E-state index contributed by atoms with van der Waals surface area (Å²) < 4.78 is 0. The van der Waals surface area contributed by atoms with Crippen molar-refractivity contribution >= 4 is 5.91 Å².